The molecule has 14 heavy (non-hydrogen) atoms. The van der Waals surface area contributed by atoms with Gasteiger partial charge in [-0.1, -0.05) is 12.1 Å². The lowest BCUT2D eigenvalue weighted by Gasteiger charge is -2.26. The Morgan fingerprint density at radius 1 is 1.43 bits per heavy atom. The number of benzene rings is 1. The van der Waals surface area contributed by atoms with Crippen molar-refractivity contribution in [2.24, 2.45) is 5.73 Å². The fraction of sp³-hybridized carbons (Fsp3) is 0.400. The highest BCUT2D eigenvalue weighted by Crippen LogP contribution is 2.26. The fourth-order valence-corrected chi connectivity index (χ4v) is 1.20. The minimum absolute atomic E-state index is 0.273. The first-order valence-corrected chi connectivity index (χ1v) is 4.31. The van der Waals surface area contributed by atoms with Gasteiger partial charge in [0.2, 0.25) is 0 Å². The molecule has 0 aliphatic carbocycles. The first-order valence-electron chi connectivity index (χ1n) is 4.31. The SMILES string of the molecule is C[C@@](O)(c1ccc(F)cc1)[C@H](F)CN. The molecule has 0 aromatic heterocycles. The van der Waals surface area contributed by atoms with Crippen molar-refractivity contribution in [3.05, 3.63) is 35.6 Å². The number of halogens is 2. The van der Waals surface area contributed by atoms with Gasteiger partial charge >= 0.3 is 0 Å². The molecular formula is C10H13F2NO. The van der Waals surface area contributed by atoms with Crippen molar-refractivity contribution in [1.29, 1.82) is 0 Å². The molecule has 1 aromatic rings. The van der Waals surface area contributed by atoms with Gasteiger partial charge in [-0.05, 0) is 24.6 Å². The highest BCUT2D eigenvalue weighted by molar-refractivity contribution is 5.23. The third-order valence-corrected chi connectivity index (χ3v) is 2.25. The average Bonchev–Trinajstić information content (AvgIpc) is 2.17. The molecule has 0 aliphatic heterocycles. The first-order chi connectivity index (χ1) is 6.48. The smallest absolute Gasteiger partial charge is 0.145 e. The maximum atomic E-state index is 13.2. The van der Waals surface area contributed by atoms with Crippen LogP contribution in [0.1, 0.15) is 12.5 Å². The lowest BCUT2D eigenvalue weighted by Crippen LogP contribution is -2.38. The van der Waals surface area contributed by atoms with Crippen molar-refractivity contribution in [3.8, 4) is 0 Å². The Hall–Kier alpha value is -1.00. The predicted octanol–water partition coefficient (Wildman–Crippen LogP) is 1.33. The largest absolute Gasteiger partial charge is 0.382 e. The van der Waals surface area contributed by atoms with E-state index in [-0.39, 0.29) is 6.54 Å². The molecule has 0 spiro atoms. The Morgan fingerprint density at radius 3 is 2.36 bits per heavy atom. The molecule has 2 atom stereocenters. The van der Waals surface area contributed by atoms with Crippen molar-refractivity contribution in [1.82, 2.24) is 0 Å². The summed E-state index contributed by atoms with van der Waals surface area (Å²) in [5.41, 5.74) is 3.77. The van der Waals surface area contributed by atoms with Crippen LogP contribution in [-0.2, 0) is 5.60 Å². The molecule has 0 bridgehead atoms. The molecule has 1 rings (SSSR count). The second kappa shape index (κ2) is 4.02. The van der Waals surface area contributed by atoms with Gasteiger partial charge in [-0.2, -0.15) is 0 Å². The number of hydrogen-bond donors (Lipinski definition) is 2. The van der Waals surface area contributed by atoms with Crippen LogP contribution in [0.4, 0.5) is 8.78 Å². The van der Waals surface area contributed by atoms with Gasteiger partial charge in [0.25, 0.3) is 0 Å². The number of nitrogens with two attached hydrogens (primary N) is 1. The molecule has 78 valence electrons. The van der Waals surface area contributed by atoms with Crippen molar-refractivity contribution in [2.75, 3.05) is 6.54 Å². The highest BCUT2D eigenvalue weighted by atomic mass is 19.1. The molecule has 4 heteroatoms. The van der Waals surface area contributed by atoms with Crippen LogP contribution in [0, 0.1) is 5.82 Å². The van der Waals surface area contributed by atoms with Gasteiger partial charge in [-0.15, -0.1) is 0 Å². The summed E-state index contributed by atoms with van der Waals surface area (Å²) in [7, 11) is 0. The van der Waals surface area contributed by atoms with Gasteiger partial charge in [0, 0.05) is 6.54 Å². The Labute approximate surface area is 81.4 Å². The fourth-order valence-electron chi connectivity index (χ4n) is 1.20. The predicted molar refractivity (Wildman–Crippen MR) is 49.9 cm³/mol. The summed E-state index contributed by atoms with van der Waals surface area (Å²) >= 11 is 0. The maximum absolute atomic E-state index is 13.2. The number of rotatable bonds is 3. The molecule has 0 saturated carbocycles. The molecule has 2 nitrogen and oxygen atoms in total. The van der Waals surface area contributed by atoms with Crippen molar-refractivity contribution < 1.29 is 13.9 Å². The first kappa shape index (κ1) is 11.1. The number of aliphatic hydroxyl groups is 1. The van der Waals surface area contributed by atoms with Gasteiger partial charge < -0.3 is 10.8 Å². The van der Waals surface area contributed by atoms with Crippen LogP contribution in [0.25, 0.3) is 0 Å². The third-order valence-electron chi connectivity index (χ3n) is 2.25. The molecule has 0 fully saturated rings. The summed E-state index contributed by atoms with van der Waals surface area (Å²) in [6.45, 7) is 1.04. The summed E-state index contributed by atoms with van der Waals surface area (Å²) in [6, 6.07) is 5.04. The topological polar surface area (TPSA) is 46.2 Å². The summed E-state index contributed by atoms with van der Waals surface area (Å²) in [4.78, 5) is 0. The van der Waals surface area contributed by atoms with E-state index in [0.29, 0.717) is 5.56 Å². The van der Waals surface area contributed by atoms with Crippen LogP contribution < -0.4 is 5.73 Å². The monoisotopic (exact) mass is 201 g/mol. The van der Waals surface area contributed by atoms with Crippen LogP contribution in [-0.4, -0.2) is 17.8 Å². The molecular weight excluding hydrogens is 188 g/mol. The van der Waals surface area contributed by atoms with E-state index in [2.05, 4.69) is 0 Å². The van der Waals surface area contributed by atoms with Gasteiger partial charge in [-0.25, -0.2) is 8.78 Å². The molecule has 0 saturated heterocycles. The van der Waals surface area contributed by atoms with Gasteiger partial charge in [0.05, 0.1) is 0 Å². The van der Waals surface area contributed by atoms with E-state index in [4.69, 9.17) is 5.73 Å². The molecule has 0 amide bonds. The van der Waals surface area contributed by atoms with Gasteiger partial charge in [0.15, 0.2) is 0 Å². The van der Waals surface area contributed by atoms with E-state index in [9.17, 15) is 13.9 Å². The zero-order valence-electron chi connectivity index (χ0n) is 7.87. The van der Waals surface area contributed by atoms with Gasteiger partial charge in [-0.3, -0.25) is 0 Å². The van der Waals surface area contributed by atoms with Crippen molar-refractivity contribution in [2.45, 2.75) is 18.7 Å². The van der Waals surface area contributed by atoms with Crippen LogP contribution in [0.2, 0.25) is 0 Å². The Bertz CT molecular complexity index is 297. The van der Waals surface area contributed by atoms with Crippen LogP contribution in [0.3, 0.4) is 0 Å². The minimum atomic E-state index is -1.66. The second-order valence-corrected chi connectivity index (χ2v) is 3.36. The maximum Gasteiger partial charge on any atom is 0.145 e. The van der Waals surface area contributed by atoms with Crippen LogP contribution in [0.5, 0.6) is 0 Å². The number of alkyl halides is 1. The lowest BCUT2D eigenvalue weighted by molar-refractivity contribution is -0.0201. The third kappa shape index (κ3) is 2.08. The van der Waals surface area contributed by atoms with E-state index >= 15 is 0 Å². The normalized spacial score (nSPS) is 17.5. The zero-order chi connectivity index (χ0) is 10.8. The second-order valence-electron chi connectivity index (χ2n) is 3.36. The van der Waals surface area contributed by atoms with E-state index in [0.717, 1.165) is 0 Å². The van der Waals surface area contributed by atoms with Crippen molar-refractivity contribution >= 4 is 0 Å². The Kier molecular flexibility index (Phi) is 3.18. The molecule has 1 aromatic carbocycles. The summed E-state index contributed by atoms with van der Waals surface area (Å²) < 4.78 is 25.8. The molecule has 3 N–H and O–H groups in total. The minimum Gasteiger partial charge on any atom is -0.382 e. The number of hydrogen-bond acceptors (Lipinski definition) is 2. The van der Waals surface area contributed by atoms with Crippen molar-refractivity contribution in [3.63, 3.8) is 0 Å². The van der Waals surface area contributed by atoms with Crippen LogP contribution in [0.15, 0.2) is 24.3 Å². The summed E-state index contributed by atoms with van der Waals surface area (Å²) in [5.74, 6) is -0.423. The van der Waals surface area contributed by atoms with Crippen LogP contribution >= 0.6 is 0 Å². The quantitative estimate of drug-likeness (QED) is 0.775. The standard InChI is InChI=1S/C10H13F2NO/c1-10(14,9(12)6-13)7-2-4-8(11)5-3-7/h2-5,9,14H,6,13H2,1H3/t9-,10-/m1/s1. The van der Waals surface area contributed by atoms with Gasteiger partial charge in [0.1, 0.15) is 17.6 Å². The van der Waals surface area contributed by atoms with E-state index in [1.807, 2.05) is 0 Å². The summed E-state index contributed by atoms with van der Waals surface area (Å²) in [5, 5.41) is 9.77. The highest BCUT2D eigenvalue weighted by Gasteiger charge is 2.32. The summed E-state index contributed by atoms with van der Waals surface area (Å²) in [6.07, 6.45) is -1.56. The van der Waals surface area contributed by atoms with E-state index in [1.165, 1.54) is 31.2 Å². The molecule has 0 aliphatic rings. The zero-order valence-corrected chi connectivity index (χ0v) is 7.87. The lowest BCUT2D eigenvalue weighted by atomic mass is 9.91. The molecule has 0 unspecified atom stereocenters. The average molecular weight is 201 g/mol. The molecule has 0 radical (unpaired) electrons. The Balaban J connectivity index is 2.97. The Morgan fingerprint density at radius 2 is 1.93 bits per heavy atom. The molecule has 0 heterocycles. The van der Waals surface area contributed by atoms with E-state index < -0.39 is 17.6 Å². The van der Waals surface area contributed by atoms with E-state index in [1.54, 1.807) is 0 Å².